The SMILES string of the molecule is Cc1cc(C(N)c2ccc(F)c(F)c2)sc1Cl. The van der Waals surface area contributed by atoms with Crippen LogP contribution in [-0.4, -0.2) is 0 Å². The summed E-state index contributed by atoms with van der Waals surface area (Å²) in [7, 11) is 0. The van der Waals surface area contributed by atoms with Crippen molar-refractivity contribution in [2.24, 2.45) is 5.73 Å². The normalized spacial score (nSPS) is 12.8. The Kier molecular flexibility index (Phi) is 3.47. The van der Waals surface area contributed by atoms with E-state index < -0.39 is 17.7 Å². The summed E-state index contributed by atoms with van der Waals surface area (Å²) in [5.74, 6) is -1.77. The highest BCUT2D eigenvalue weighted by Gasteiger charge is 2.15. The predicted octanol–water partition coefficient (Wildman–Crippen LogP) is 4.04. The highest BCUT2D eigenvalue weighted by atomic mass is 35.5. The molecule has 1 atom stereocenters. The summed E-state index contributed by atoms with van der Waals surface area (Å²) in [4.78, 5) is 0.832. The summed E-state index contributed by atoms with van der Waals surface area (Å²) in [6, 6.07) is 5.04. The van der Waals surface area contributed by atoms with Gasteiger partial charge in [0.25, 0.3) is 0 Å². The molecule has 0 saturated heterocycles. The lowest BCUT2D eigenvalue weighted by molar-refractivity contribution is 0.506. The standard InChI is InChI=1S/C12H10ClF2NS/c1-6-4-10(17-12(6)13)11(16)7-2-3-8(14)9(15)5-7/h2-5,11H,16H2,1H3. The van der Waals surface area contributed by atoms with Crippen molar-refractivity contribution in [1.82, 2.24) is 0 Å². The Bertz CT molecular complexity index is 534. The van der Waals surface area contributed by atoms with Crippen LogP contribution in [0.15, 0.2) is 24.3 Å². The van der Waals surface area contributed by atoms with E-state index in [0.717, 1.165) is 22.6 Å². The first-order valence-electron chi connectivity index (χ1n) is 4.95. The van der Waals surface area contributed by atoms with Crippen molar-refractivity contribution in [2.45, 2.75) is 13.0 Å². The van der Waals surface area contributed by atoms with E-state index in [4.69, 9.17) is 17.3 Å². The summed E-state index contributed by atoms with van der Waals surface area (Å²) in [6.45, 7) is 1.88. The number of aryl methyl sites for hydroxylation is 1. The Morgan fingerprint density at radius 1 is 1.24 bits per heavy atom. The van der Waals surface area contributed by atoms with Gasteiger partial charge in [-0.1, -0.05) is 17.7 Å². The molecule has 0 fully saturated rings. The molecule has 90 valence electrons. The van der Waals surface area contributed by atoms with Crippen LogP contribution in [0.1, 0.15) is 22.0 Å². The average Bonchev–Trinajstić information content (AvgIpc) is 2.62. The minimum absolute atomic E-state index is 0.485. The molecule has 1 unspecified atom stereocenters. The van der Waals surface area contributed by atoms with Gasteiger partial charge in [0.2, 0.25) is 0 Å². The molecule has 0 bridgehead atoms. The molecule has 2 N–H and O–H groups in total. The average molecular weight is 274 g/mol. The van der Waals surface area contributed by atoms with Gasteiger partial charge in [0.05, 0.1) is 10.4 Å². The minimum Gasteiger partial charge on any atom is -0.320 e. The van der Waals surface area contributed by atoms with Crippen molar-refractivity contribution in [2.75, 3.05) is 0 Å². The van der Waals surface area contributed by atoms with Gasteiger partial charge in [0.15, 0.2) is 11.6 Å². The lowest BCUT2D eigenvalue weighted by Crippen LogP contribution is -2.10. The van der Waals surface area contributed by atoms with Gasteiger partial charge < -0.3 is 5.73 Å². The van der Waals surface area contributed by atoms with Gasteiger partial charge in [-0.05, 0) is 36.2 Å². The predicted molar refractivity (Wildman–Crippen MR) is 66.5 cm³/mol. The molecule has 17 heavy (non-hydrogen) atoms. The molecular formula is C12H10ClF2NS. The summed E-state index contributed by atoms with van der Waals surface area (Å²) in [5.41, 5.74) is 7.44. The molecule has 0 aliphatic rings. The van der Waals surface area contributed by atoms with Crippen molar-refractivity contribution in [3.05, 3.63) is 56.2 Å². The molecule has 1 nitrogen and oxygen atoms in total. The maximum atomic E-state index is 13.1. The van der Waals surface area contributed by atoms with E-state index in [0.29, 0.717) is 9.90 Å². The molecule has 1 aromatic heterocycles. The van der Waals surface area contributed by atoms with Crippen LogP contribution < -0.4 is 5.73 Å². The number of nitrogens with two attached hydrogens (primary N) is 1. The Labute approximate surface area is 107 Å². The summed E-state index contributed by atoms with van der Waals surface area (Å²) in [5, 5.41) is 0. The quantitative estimate of drug-likeness (QED) is 0.878. The van der Waals surface area contributed by atoms with Crippen molar-refractivity contribution in [1.29, 1.82) is 0 Å². The van der Waals surface area contributed by atoms with Gasteiger partial charge in [-0.2, -0.15) is 0 Å². The Hall–Kier alpha value is -0.970. The van der Waals surface area contributed by atoms with Gasteiger partial charge in [-0.3, -0.25) is 0 Å². The fraction of sp³-hybridized carbons (Fsp3) is 0.167. The van der Waals surface area contributed by atoms with Crippen LogP contribution in [0.5, 0.6) is 0 Å². The largest absolute Gasteiger partial charge is 0.320 e. The molecule has 0 saturated carbocycles. The van der Waals surface area contributed by atoms with E-state index in [1.807, 2.05) is 13.0 Å². The zero-order chi connectivity index (χ0) is 12.6. The number of rotatable bonds is 2. The van der Waals surface area contributed by atoms with Crippen LogP contribution in [-0.2, 0) is 0 Å². The van der Waals surface area contributed by atoms with Gasteiger partial charge >= 0.3 is 0 Å². The van der Waals surface area contributed by atoms with Crippen molar-refractivity contribution in [3.63, 3.8) is 0 Å². The third-order valence-corrected chi connectivity index (χ3v) is 4.12. The smallest absolute Gasteiger partial charge is 0.159 e. The van der Waals surface area contributed by atoms with Gasteiger partial charge in [0, 0.05) is 4.88 Å². The molecule has 0 radical (unpaired) electrons. The van der Waals surface area contributed by atoms with Crippen LogP contribution in [0, 0.1) is 18.6 Å². The number of benzene rings is 1. The molecule has 2 aromatic rings. The molecule has 0 amide bonds. The van der Waals surface area contributed by atoms with E-state index in [2.05, 4.69) is 0 Å². The number of thiophene rings is 1. The van der Waals surface area contributed by atoms with Crippen LogP contribution in [0.2, 0.25) is 4.34 Å². The van der Waals surface area contributed by atoms with Crippen molar-refractivity contribution < 1.29 is 8.78 Å². The van der Waals surface area contributed by atoms with Crippen molar-refractivity contribution >= 4 is 22.9 Å². The zero-order valence-electron chi connectivity index (χ0n) is 9.01. The lowest BCUT2D eigenvalue weighted by atomic mass is 10.1. The van der Waals surface area contributed by atoms with Crippen LogP contribution >= 0.6 is 22.9 Å². The lowest BCUT2D eigenvalue weighted by Gasteiger charge is -2.10. The molecule has 1 heterocycles. The van der Waals surface area contributed by atoms with Crippen LogP contribution in [0.25, 0.3) is 0 Å². The zero-order valence-corrected chi connectivity index (χ0v) is 10.6. The van der Waals surface area contributed by atoms with E-state index in [-0.39, 0.29) is 0 Å². The van der Waals surface area contributed by atoms with Gasteiger partial charge in [0.1, 0.15) is 0 Å². The highest BCUT2D eigenvalue weighted by molar-refractivity contribution is 7.16. The molecule has 5 heteroatoms. The monoisotopic (exact) mass is 273 g/mol. The van der Waals surface area contributed by atoms with Crippen LogP contribution in [0.3, 0.4) is 0 Å². The molecule has 1 aromatic carbocycles. The first-order chi connectivity index (χ1) is 7.99. The summed E-state index contributed by atoms with van der Waals surface area (Å²) in [6.07, 6.45) is 0. The molecule has 0 aliphatic carbocycles. The van der Waals surface area contributed by atoms with Crippen molar-refractivity contribution in [3.8, 4) is 0 Å². The third kappa shape index (κ3) is 2.49. The Morgan fingerprint density at radius 3 is 2.47 bits per heavy atom. The number of halogens is 3. The second-order valence-corrected chi connectivity index (χ2v) is 5.44. The fourth-order valence-electron chi connectivity index (χ4n) is 1.51. The number of hydrogen-bond acceptors (Lipinski definition) is 2. The van der Waals surface area contributed by atoms with E-state index in [1.165, 1.54) is 17.4 Å². The maximum Gasteiger partial charge on any atom is 0.159 e. The molecule has 0 aliphatic heterocycles. The first kappa shape index (κ1) is 12.5. The van der Waals surface area contributed by atoms with E-state index in [9.17, 15) is 8.78 Å². The maximum absolute atomic E-state index is 13.1. The summed E-state index contributed by atoms with van der Waals surface area (Å²) >= 11 is 7.30. The number of hydrogen-bond donors (Lipinski definition) is 1. The Morgan fingerprint density at radius 2 is 1.94 bits per heavy atom. The second kappa shape index (κ2) is 4.72. The molecule has 0 spiro atoms. The third-order valence-electron chi connectivity index (χ3n) is 2.49. The van der Waals surface area contributed by atoms with Gasteiger partial charge in [-0.25, -0.2) is 8.78 Å². The van der Waals surface area contributed by atoms with E-state index >= 15 is 0 Å². The van der Waals surface area contributed by atoms with Gasteiger partial charge in [-0.15, -0.1) is 11.3 Å². The topological polar surface area (TPSA) is 26.0 Å². The van der Waals surface area contributed by atoms with Crippen LogP contribution in [0.4, 0.5) is 8.78 Å². The molecule has 2 rings (SSSR count). The van der Waals surface area contributed by atoms with E-state index in [1.54, 1.807) is 0 Å². The first-order valence-corrected chi connectivity index (χ1v) is 6.15. The summed E-state index contributed by atoms with van der Waals surface area (Å²) < 4.78 is 26.5. The molecular weight excluding hydrogens is 264 g/mol. The Balaban J connectivity index is 2.36. The minimum atomic E-state index is -0.891. The fourth-order valence-corrected chi connectivity index (χ4v) is 2.75. The second-order valence-electron chi connectivity index (χ2n) is 3.76. The highest BCUT2D eigenvalue weighted by Crippen LogP contribution is 2.33.